The predicted octanol–water partition coefficient (Wildman–Crippen LogP) is 5.61. The van der Waals surface area contributed by atoms with Gasteiger partial charge in [-0.1, -0.05) is 37.6 Å². The Morgan fingerprint density at radius 3 is 2.79 bits per heavy atom. The highest BCUT2D eigenvalue weighted by atomic mass is 35.5. The summed E-state index contributed by atoms with van der Waals surface area (Å²) in [6.07, 6.45) is 6.34. The molecule has 4 N–H and O–H groups in total. The number of nitriles is 1. The molecule has 1 saturated heterocycles. The highest BCUT2D eigenvalue weighted by Crippen LogP contribution is 2.39. The number of halogens is 2. The molecule has 2 aromatic carbocycles. The first-order valence-corrected chi connectivity index (χ1v) is 13.5. The molecule has 1 unspecified atom stereocenters. The van der Waals surface area contributed by atoms with Gasteiger partial charge in [-0.2, -0.15) is 5.26 Å². The number of hydrogen-bond donors (Lipinski definition) is 4. The molecule has 3 aliphatic rings. The van der Waals surface area contributed by atoms with Crippen molar-refractivity contribution in [3.63, 3.8) is 0 Å². The second-order valence-corrected chi connectivity index (χ2v) is 11.4. The molecule has 0 radical (unpaired) electrons. The van der Waals surface area contributed by atoms with Crippen LogP contribution < -0.4 is 21.6 Å². The maximum absolute atomic E-state index is 13.8. The van der Waals surface area contributed by atoms with Gasteiger partial charge in [0, 0.05) is 47.6 Å². The molecule has 8 nitrogen and oxygen atoms in total. The quantitative estimate of drug-likeness (QED) is 0.303. The Kier molecular flexibility index (Phi) is 6.39. The second kappa shape index (κ2) is 10.2. The standard InChI is InChI=1S/C29H31ClFN7O/c1-29(2)16-39-10-9-25(29)35-26-18(13-32)14-33-28-22(26)11-20(12-23(28)30)34-27(17-3-5-19(31)6-4-17)24-15-38(37-36-24)21-7-8-21/h3-6,11-12,14-15,21,25,27,34,36-37H,7-10,16H2,1-2H3,(H,33,35)/t25?,27-/m1/s1/i27D. The lowest BCUT2D eigenvalue weighted by atomic mass is 9.81. The van der Waals surface area contributed by atoms with Crippen LogP contribution in [0, 0.1) is 22.6 Å². The number of fused-ring (bicyclic) bond motifs is 1. The van der Waals surface area contributed by atoms with Crippen LogP contribution in [0.15, 0.2) is 54.5 Å². The van der Waals surface area contributed by atoms with Crippen LogP contribution in [0.3, 0.4) is 0 Å². The van der Waals surface area contributed by atoms with E-state index in [1.807, 2.05) is 17.3 Å². The number of benzene rings is 2. The zero-order chi connectivity index (χ0) is 28.1. The average Bonchev–Trinajstić information content (AvgIpc) is 3.65. The number of rotatable bonds is 7. The van der Waals surface area contributed by atoms with Crippen LogP contribution in [-0.2, 0) is 4.74 Å². The summed E-state index contributed by atoms with van der Waals surface area (Å²) in [6.45, 7) is 5.51. The summed E-state index contributed by atoms with van der Waals surface area (Å²) < 4.78 is 29.2. The van der Waals surface area contributed by atoms with Crippen molar-refractivity contribution in [2.45, 2.75) is 51.2 Å². The van der Waals surface area contributed by atoms with Crippen LogP contribution >= 0.6 is 11.6 Å². The summed E-state index contributed by atoms with van der Waals surface area (Å²) in [5.41, 5.74) is 9.34. The highest BCUT2D eigenvalue weighted by molar-refractivity contribution is 6.35. The van der Waals surface area contributed by atoms with Crippen LogP contribution in [0.2, 0.25) is 5.02 Å². The van der Waals surface area contributed by atoms with Gasteiger partial charge in [0.15, 0.2) is 0 Å². The molecule has 3 aromatic rings. The van der Waals surface area contributed by atoms with Crippen LogP contribution in [-0.4, -0.2) is 35.3 Å². The van der Waals surface area contributed by atoms with Crippen molar-refractivity contribution >= 4 is 33.9 Å². The van der Waals surface area contributed by atoms with E-state index in [9.17, 15) is 11.0 Å². The lowest BCUT2D eigenvalue weighted by molar-refractivity contribution is 0.00350. The lowest BCUT2D eigenvalue weighted by Gasteiger charge is -2.39. The molecule has 0 bridgehead atoms. The molecule has 39 heavy (non-hydrogen) atoms. The summed E-state index contributed by atoms with van der Waals surface area (Å²) >= 11 is 6.76. The Hall–Kier alpha value is -3.58. The molecular formula is C29H31ClFN7O. The first kappa shape index (κ1) is 24.5. The fourth-order valence-corrected chi connectivity index (χ4v) is 5.37. The molecule has 2 aliphatic heterocycles. The third-order valence-electron chi connectivity index (χ3n) is 7.53. The second-order valence-electron chi connectivity index (χ2n) is 11.0. The molecule has 6 rings (SSSR count). The Bertz CT molecular complexity index is 1520. The number of nitrogens with zero attached hydrogens (tertiary/aromatic N) is 3. The monoisotopic (exact) mass is 548 g/mol. The van der Waals surface area contributed by atoms with Gasteiger partial charge in [-0.15, -0.1) is 5.53 Å². The van der Waals surface area contributed by atoms with Gasteiger partial charge < -0.3 is 20.8 Å². The number of ether oxygens (including phenoxy) is 1. The maximum Gasteiger partial charge on any atom is 0.123 e. The minimum atomic E-state index is -1.52. The van der Waals surface area contributed by atoms with Gasteiger partial charge in [0.25, 0.3) is 0 Å². The van der Waals surface area contributed by atoms with Crippen molar-refractivity contribution in [3.05, 3.63) is 76.5 Å². The molecule has 10 heteroatoms. The zero-order valence-electron chi connectivity index (χ0n) is 22.8. The Morgan fingerprint density at radius 1 is 1.28 bits per heavy atom. The van der Waals surface area contributed by atoms with E-state index in [0.717, 1.165) is 19.3 Å². The number of hydrogen-bond acceptors (Lipinski definition) is 8. The summed E-state index contributed by atoms with van der Waals surface area (Å²) in [6, 6.07) is 10.6. The van der Waals surface area contributed by atoms with Crippen molar-refractivity contribution in [3.8, 4) is 6.07 Å². The largest absolute Gasteiger partial charge is 0.381 e. The minimum Gasteiger partial charge on any atom is -0.381 e. The Morgan fingerprint density at radius 2 is 2.08 bits per heavy atom. The molecule has 1 saturated carbocycles. The van der Waals surface area contributed by atoms with E-state index in [1.54, 1.807) is 18.2 Å². The smallest absolute Gasteiger partial charge is 0.123 e. The summed E-state index contributed by atoms with van der Waals surface area (Å²) in [5, 5.41) is 19.9. The van der Waals surface area contributed by atoms with Crippen molar-refractivity contribution in [2.75, 3.05) is 23.8 Å². The van der Waals surface area contributed by atoms with Gasteiger partial charge in [-0.25, -0.2) is 4.39 Å². The number of aromatic nitrogens is 1. The molecular weight excluding hydrogens is 517 g/mol. The first-order chi connectivity index (χ1) is 19.2. The zero-order valence-corrected chi connectivity index (χ0v) is 22.6. The number of hydrazine groups is 2. The van der Waals surface area contributed by atoms with E-state index in [2.05, 4.69) is 46.5 Å². The van der Waals surface area contributed by atoms with Crippen molar-refractivity contribution in [1.82, 2.24) is 21.0 Å². The fraction of sp³-hybridized carbons (Fsp3) is 0.379. The van der Waals surface area contributed by atoms with Gasteiger partial charge in [0.05, 0.1) is 41.5 Å². The molecule has 202 valence electrons. The normalized spacial score (nSPS) is 22.3. The van der Waals surface area contributed by atoms with Crippen molar-refractivity contribution in [1.29, 1.82) is 5.26 Å². The summed E-state index contributed by atoms with van der Waals surface area (Å²) in [7, 11) is 0. The highest BCUT2D eigenvalue weighted by Gasteiger charge is 2.34. The van der Waals surface area contributed by atoms with Gasteiger partial charge in [0.1, 0.15) is 11.9 Å². The van der Waals surface area contributed by atoms with E-state index >= 15 is 0 Å². The van der Waals surface area contributed by atoms with Gasteiger partial charge >= 0.3 is 0 Å². The topological polar surface area (TPSA) is 97.3 Å². The third kappa shape index (κ3) is 5.20. The van der Waals surface area contributed by atoms with Crippen molar-refractivity contribution in [2.24, 2.45) is 5.41 Å². The molecule has 0 spiro atoms. The fourth-order valence-electron chi connectivity index (χ4n) is 5.10. The Balaban J connectivity index is 1.43. The SMILES string of the molecule is [2H][C@](Nc1cc(Cl)c2ncc(C#N)c(NC3CCOCC3(C)C)c2c1)(C1=CN(C2CC2)NN1)c1ccc(F)cc1. The van der Waals surface area contributed by atoms with Crippen LogP contribution in [0.1, 0.15) is 51.6 Å². The van der Waals surface area contributed by atoms with E-state index in [-0.39, 0.29) is 17.3 Å². The van der Waals surface area contributed by atoms with E-state index in [1.165, 1.54) is 18.3 Å². The summed E-state index contributed by atoms with van der Waals surface area (Å²) in [4.78, 5) is 4.48. The number of pyridine rings is 1. The van der Waals surface area contributed by atoms with Gasteiger partial charge in [-0.05, 0) is 49.1 Å². The molecule has 3 heterocycles. The first-order valence-electron chi connectivity index (χ1n) is 13.6. The van der Waals surface area contributed by atoms with Crippen LogP contribution in [0.25, 0.3) is 10.9 Å². The van der Waals surface area contributed by atoms with E-state index in [4.69, 9.17) is 16.3 Å². The van der Waals surface area contributed by atoms with Crippen LogP contribution in [0.5, 0.6) is 0 Å². The van der Waals surface area contributed by atoms with Gasteiger partial charge in [-0.3, -0.25) is 9.99 Å². The van der Waals surface area contributed by atoms with E-state index in [0.29, 0.717) is 63.4 Å². The molecule has 2 atom stereocenters. The van der Waals surface area contributed by atoms with Crippen LogP contribution in [0.4, 0.5) is 15.8 Å². The number of nitrogens with one attached hydrogen (secondary N) is 4. The predicted molar refractivity (Wildman–Crippen MR) is 150 cm³/mol. The maximum atomic E-state index is 13.8. The van der Waals surface area contributed by atoms with Crippen molar-refractivity contribution < 1.29 is 10.5 Å². The lowest BCUT2D eigenvalue weighted by Crippen LogP contribution is -2.44. The number of anilines is 2. The summed E-state index contributed by atoms with van der Waals surface area (Å²) in [5.74, 6) is -0.382. The Labute approximate surface area is 233 Å². The minimum absolute atomic E-state index is 0.0659. The average molecular weight is 549 g/mol. The molecule has 2 fully saturated rings. The molecule has 1 aliphatic carbocycles. The molecule has 1 aromatic heterocycles. The van der Waals surface area contributed by atoms with E-state index < -0.39 is 6.02 Å². The van der Waals surface area contributed by atoms with Gasteiger partial charge in [0.2, 0.25) is 0 Å². The molecule has 0 amide bonds. The third-order valence-corrected chi connectivity index (χ3v) is 7.82.